The molecule has 0 unspecified atom stereocenters. The van der Waals surface area contributed by atoms with E-state index in [1.165, 1.54) is 10.9 Å². The van der Waals surface area contributed by atoms with Crippen LogP contribution in [0.15, 0.2) is 21.8 Å². The molecule has 8 nitrogen and oxygen atoms in total. The topological polar surface area (TPSA) is 97.9 Å². The molecule has 0 fully saturated rings. The molecule has 0 bridgehead atoms. The van der Waals surface area contributed by atoms with Crippen LogP contribution in [0.5, 0.6) is 0 Å². The number of aliphatic hydroxyl groups excluding tert-OH is 1. The molecular weight excluding hydrogens is 316 g/mol. The second-order valence-corrected chi connectivity index (χ2v) is 4.63. The molecule has 0 saturated heterocycles. The highest BCUT2D eigenvalue weighted by Crippen LogP contribution is 2.16. The van der Waals surface area contributed by atoms with Gasteiger partial charge in [-0.3, -0.25) is 4.79 Å². The van der Waals surface area contributed by atoms with Crippen LogP contribution in [0.25, 0.3) is 0 Å². The summed E-state index contributed by atoms with van der Waals surface area (Å²) < 4.78 is 3.34. The average molecular weight is 329 g/mol. The third kappa shape index (κ3) is 2.99. The minimum absolute atomic E-state index is 0.134. The molecule has 2 rings (SSSR count). The van der Waals surface area contributed by atoms with Crippen molar-refractivity contribution in [3.8, 4) is 0 Å². The van der Waals surface area contributed by atoms with Gasteiger partial charge in [-0.05, 0) is 15.9 Å². The summed E-state index contributed by atoms with van der Waals surface area (Å²) in [5, 5.41) is 23.5. The van der Waals surface area contributed by atoms with Crippen molar-refractivity contribution in [2.24, 2.45) is 7.05 Å². The molecule has 9 heteroatoms. The minimum Gasteiger partial charge on any atom is -0.394 e. The second kappa shape index (κ2) is 5.93. The Balaban J connectivity index is 2.16. The van der Waals surface area contributed by atoms with Crippen molar-refractivity contribution in [3.05, 3.63) is 33.2 Å². The van der Waals surface area contributed by atoms with Gasteiger partial charge in [0, 0.05) is 7.05 Å². The number of hydrogen-bond acceptors (Lipinski definition) is 6. The molecule has 0 atom stereocenters. The van der Waals surface area contributed by atoms with E-state index in [-0.39, 0.29) is 18.7 Å². The lowest BCUT2D eigenvalue weighted by molar-refractivity contribution is 0.266. The maximum Gasteiger partial charge on any atom is 0.283 e. The summed E-state index contributed by atoms with van der Waals surface area (Å²) in [5.41, 5.74) is 0.277. The lowest BCUT2D eigenvalue weighted by atomic mass is 10.4. The number of rotatable bonds is 5. The Hall–Kier alpha value is -1.74. The van der Waals surface area contributed by atoms with Gasteiger partial charge in [-0.2, -0.15) is 5.10 Å². The van der Waals surface area contributed by atoms with Crippen LogP contribution in [0.1, 0.15) is 5.82 Å². The van der Waals surface area contributed by atoms with Gasteiger partial charge in [0.15, 0.2) is 5.82 Å². The van der Waals surface area contributed by atoms with Gasteiger partial charge in [0.05, 0.1) is 31.6 Å². The molecule has 0 aliphatic carbocycles. The van der Waals surface area contributed by atoms with Gasteiger partial charge in [-0.25, -0.2) is 4.68 Å². The normalized spacial score (nSPS) is 10.7. The number of hydrogen-bond donors (Lipinski definition) is 2. The van der Waals surface area contributed by atoms with Gasteiger partial charge in [-0.1, -0.05) is 0 Å². The van der Waals surface area contributed by atoms with Crippen LogP contribution < -0.4 is 10.9 Å². The third-order valence-corrected chi connectivity index (χ3v) is 3.31. The molecule has 2 heterocycles. The number of aliphatic hydroxyl groups is 1. The zero-order valence-electron chi connectivity index (χ0n) is 10.2. The largest absolute Gasteiger partial charge is 0.394 e. The van der Waals surface area contributed by atoms with Gasteiger partial charge in [0.1, 0.15) is 10.8 Å². The van der Waals surface area contributed by atoms with E-state index >= 15 is 0 Å². The fourth-order valence-electron chi connectivity index (χ4n) is 1.48. The highest BCUT2D eigenvalue weighted by Gasteiger charge is 2.09. The van der Waals surface area contributed by atoms with Crippen LogP contribution >= 0.6 is 15.9 Å². The highest BCUT2D eigenvalue weighted by atomic mass is 79.9. The van der Waals surface area contributed by atoms with Crippen LogP contribution in [0.3, 0.4) is 0 Å². The summed E-state index contributed by atoms with van der Waals surface area (Å²) in [5.74, 6) is 0.742. The second-order valence-electron chi connectivity index (χ2n) is 3.84. The molecule has 0 aromatic carbocycles. The van der Waals surface area contributed by atoms with Crippen molar-refractivity contribution >= 4 is 21.6 Å². The van der Waals surface area contributed by atoms with Crippen LogP contribution in [0, 0.1) is 0 Å². The number of aryl methyl sites for hydroxylation is 1. The zero-order valence-corrected chi connectivity index (χ0v) is 11.8. The molecule has 0 aliphatic rings. The Labute approximate surface area is 117 Å². The van der Waals surface area contributed by atoms with Crippen molar-refractivity contribution in [2.75, 3.05) is 11.9 Å². The Bertz CT molecular complexity index is 623. The zero-order chi connectivity index (χ0) is 13.8. The van der Waals surface area contributed by atoms with E-state index in [1.54, 1.807) is 10.9 Å². The van der Waals surface area contributed by atoms with Gasteiger partial charge >= 0.3 is 0 Å². The monoisotopic (exact) mass is 328 g/mol. The summed E-state index contributed by atoms with van der Waals surface area (Å²) in [6, 6.07) is 0. The molecule has 19 heavy (non-hydrogen) atoms. The predicted octanol–water partition coefficient (Wildman–Crippen LogP) is -0.261. The molecule has 0 amide bonds. The molecule has 2 aromatic rings. The first-order valence-corrected chi connectivity index (χ1v) is 6.36. The van der Waals surface area contributed by atoms with E-state index in [2.05, 4.69) is 36.5 Å². The Morgan fingerprint density at radius 3 is 2.95 bits per heavy atom. The molecule has 2 aromatic heterocycles. The van der Waals surface area contributed by atoms with Crippen LogP contribution in [0.2, 0.25) is 0 Å². The number of nitrogens with zero attached hydrogens (tertiary/aromatic N) is 5. The van der Waals surface area contributed by atoms with Crippen LogP contribution in [0.4, 0.5) is 5.69 Å². The Kier molecular flexibility index (Phi) is 4.27. The molecule has 0 aliphatic heterocycles. The van der Waals surface area contributed by atoms with Gasteiger partial charge in [0.25, 0.3) is 5.56 Å². The average Bonchev–Trinajstić information content (AvgIpc) is 2.80. The SMILES string of the molecule is Cn1cnnc1CNc1cnn(CCO)c(=O)c1Br. The van der Waals surface area contributed by atoms with Gasteiger partial charge in [-0.15, -0.1) is 10.2 Å². The quantitative estimate of drug-likeness (QED) is 0.784. The van der Waals surface area contributed by atoms with Crippen LogP contribution in [-0.4, -0.2) is 36.3 Å². The Morgan fingerprint density at radius 2 is 2.32 bits per heavy atom. The maximum absolute atomic E-state index is 11.9. The predicted molar refractivity (Wildman–Crippen MR) is 71.6 cm³/mol. The van der Waals surface area contributed by atoms with E-state index in [9.17, 15) is 4.79 Å². The first-order valence-electron chi connectivity index (χ1n) is 5.56. The van der Waals surface area contributed by atoms with Gasteiger partial charge < -0.3 is 15.0 Å². The fourth-order valence-corrected chi connectivity index (χ4v) is 1.93. The summed E-state index contributed by atoms with van der Waals surface area (Å²) >= 11 is 3.22. The van der Waals surface area contributed by atoms with Gasteiger partial charge in [0.2, 0.25) is 0 Å². The van der Waals surface area contributed by atoms with Crippen molar-refractivity contribution in [1.29, 1.82) is 0 Å². The van der Waals surface area contributed by atoms with Crippen molar-refractivity contribution in [1.82, 2.24) is 24.5 Å². The standard InChI is InChI=1S/C10H13BrN6O2/c1-16-6-13-15-8(16)5-12-7-4-14-17(2-3-18)10(19)9(7)11/h4,6,12,18H,2-3,5H2,1H3. The van der Waals surface area contributed by atoms with Crippen molar-refractivity contribution in [2.45, 2.75) is 13.1 Å². The Morgan fingerprint density at radius 1 is 1.53 bits per heavy atom. The smallest absolute Gasteiger partial charge is 0.283 e. The van der Waals surface area contributed by atoms with E-state index in [0.717, 1.165) is 5.82 Å². The molecule has 102 valence electrons. The number of aromatic nitrogens is 5. The summed E-state index contributed by atoms with van der Waals surface area (Å²) in [6.45, 7) is 0.465. The molecular formula is C10H13BrN6O2. The van der Waals surface area contributed by atoms with E-state index in [0.29, 0.717) is 16.7 Å². The van der Waals surface area contributed by atoms with E-state index < -0.39 is 0 Å². The number of nitrogens with one attached hydrogen (secondary N) is 1. The number of anilines is 1. The molecule has 0 saturated carbocycles. The molecule has 2 N–H and O–H groups in total. The lowest BCUT2D eigenvalue weighted by Gasteiger charge is -2.09. The molecule has 0 radical (unpaired) electrons. The molecule has 0 spiro atoms. The van der Waals surface area contributed by atoms with Crippen molar-refractivity contribution in [3.63, 3.8) is 0 Å². The summed E-state index contributed by atoms with van der Waals surface area (Å²) in [4.78, 5) is 11.9. The first kappa shape index (κ1) is 13.7. The summed E-state index contributed by atoms with van der Waals surface area (Å²) in [6.07, 6.45) is 3.13. The number of halogens is 1. The third-order valence-electron chi connectivity index (χ3n) is 2.54. The van der Waals surface area contributed by atoms with Crippen molar-refractivity contribution < 1.29 is 5.11 Å². The minimum atomic E-state index is -0.294. The van der Waals surface area contributed by atoms with E-state index in [1.807, 2.05) is 7.05 Å². The first-order chi connectivity index (χ1) is 9.13. The van der Waals surface area contributed by atoms with Crippen LogP contribution in [-0.2, 0) is 20.1 Å². The van der Waals surface area contributed by atoms with E-state index in [4.69, 9.17) is 5.11 Å². The lowest BCUT2D eigenvalue weighted by Crippen LogP contribution is -2.26. The maximum atomic E-state index is 11.9. The summed E-state index contributed by atoms with van der Waals surface area (Å²) in [7, 11) is 1.84. The fraction of sp³-hybridized carbons (Fsp3) is 0.400. The highest BCUT2D eigenvalue weighted by molar-refractivity contribution is 9.10.